The summed E-state index contributed by atoms with van der Waals surface area (Å²) in [6.45, 7) is 14.4. The van der Waals surface area contributed by atoms with Gasteiger partial charge < -0.3 is 81.7 Å². The number of aliphatic hydroxyl groups is 4. The highest BCUT2D eigenvalue weighted by Gasteiger charge is 2.48. The molecule has 93 heavy (non-hydrogen) atoms. The molecule has 0 aliphatic heterocycles. The van der Waals surface area contributed by atoms with Crippen LogP contribution in [0.15, 0.2) is 45.3 Å². The van der Waals surface area contributed by atoms with Crippen LogP contribution in [0.5, 0.6) is 69.0 Å². The van der Waals surface area contributed by atoms with Gasteiger partial charge in [0, 0.05) is 126 Å². The lowest BCUT2D eigenvalue weighted by Crippen LogP contribution is -2.36. The van der Waals surface area contributed by atoms with Crippen LogP contribution in [0.2, 0.25) is 0 Å². The maximum atomic E-state index is 14.1. The van der Waals surface area contributed by atoms with Crippen molar-refractivity contribution in [3.63, 3.8) is 0 Å². The van der Waals surface area contributed by atoms with Crippen LogP contribution in [0.3, 0.4) is 0 Å². The molecule has 0 unspecified atom stereocenters. The van der Waals surface area contributed by atoms with E-state index in [1.165, 1.54) is 41.5 Å². The van der Waals surface area contributed by atoms with Crippen LogP contribution in [0.25, 0.3) is 0 Å². The van der Waals surface area contributed by atoms with Crippen molar-refractivity contribution in [3.05, 3.63) is 112 Å². The van der Waals surface area contributed by atoms with Gasteiger partial charge in [0.05, 0.1) is 10.8 Å². The van der Waals surface area contributed by atoms with Crippen LogP contribution in [0, 0.1) is 10.8 Å². The molecule has 0 aromatic heterocycles. The summed E-state index contributed by atoms with van der Waals surface area (Å²) in [7, 11) is 0. The van der Waals surface area contributed by atoms with Crippen LogP contribution < -0.4 is 0 Å². The zero-order chi connectivity index (χ0) is 70.1. The van der Waals surface area contributed by atoms with Gasteiger partial charge in [-0.3, -0.25) is 38.4 Å². The molecule has 0 fully saturated rings. The van der Waals surface area contributed by atoms with Crippen molar-refractivity contribution in [2.45, 2.75) is 178 Å². The number of allylic oxidation sites excluding steroid dienone is 6. The average Bonchev–Trinajstić information content (AvgIpc) is 0.755. The summed E-state index contributed by atoms with van der Waals surface area (Å²) < 4.78 is 0. The number of phenolic OH excluding ortho intramolecular Hbond substituents is 12. The SMILES string of the molecule is CCCC(=O)C1=C(O)C(Cc2c(O)c(Cc3c(O)c(Cc4c(O)c(Cc5c(O)c(CC6=C(O)C(C)(C)C(=O)C(C(=O)CCC)=C6O)c(O)c(C(=O)CCC)c5O)c(O)c(C(=O)CCC)c4O)c(O)c(C(=O)CCC)c3O)c(O)c(C(=O)CCC)c2O)=C(O)C(C)(C)C1=O. The number of benzene rings is 4. The summed E-state index contributed by atoms with van der Waals surface area (Å²) in [6, 6.07) is 0. The molecule has 500 valence electrons. The Morgan fingerprint density at radius 3 is 0.624 bits per heavy atom. The number of ketones is 8. The molecule has 0 bridgehead atoms. The van der Waals surface area contributed by atoms with Crippen LogP contribution >= 0.6 is 0 Å². The number of hydrogen-bond donors (Lipinski definition) is 16. The molecule has 0 atom stereocenters. The van der Waals surface area contributed by atoms with Crippen LogP contribution in [-0.4, -0.2) is 128 Å². The van der Waals surface area contributed by atoms with Crippen LogP contribution in [0.4, 0.5) is 0 Å². The van der Waals surface area contributed by atoms with Gasteiger partial charge in [0.25, 0.3) is 0 Å². The molecule has 0 saturated carbocycles. The van der Waals surface area contributed by atoms with Crippen molar-refractivity contribution in [1.29, 1.82) is 0 Å². The van der Waals surface area contributed by atoms with Gasteiger partial charge in [-0.25, -0.2) is 0 Å². The molecule has 0 spiro atoms. The van der Waals surface area contributed by atoms with E-state index in [1.807, 2.05) is 0 Å². The molecule has 0 heterocycles. The molecule has 16 N–H and O–H groups in total. The molecule has 4 aromatic carbocycles. The van der Waals surface area contributed by atoms with Gasteiger partial charge in [-0.15, -0.1) is 0 Å². The summed E-state index contributed by atoms with van der Waals surface area (Å²) in [5, 5.41) is 191. The standard InChI is InChI=1S/C69H80O24/c1-11-17-38(70)44-54(80)28(50(76)30(56(44)82)24-32-52(78)34(60(86)46(58(32)84)40(72)19-13-3)26-36-62(88)48(42(74)21-15-5)66(92)68(7,8)64(36)90)23-29-51(77)31(57(83)45(55(29)81)39(71)18-12-2)25-33-53(79)35(61(87)47(59(33)85)41(73)20-14-4)27-37-63(89)49(43(75)22-16-6)67(93)69(9,10)65(37)91/h76-91H,11-27H2,1-10H3. The summed E-state index contributed by atoms with van der Waals surface area (Å²) >= 11 is 0. The molecule has 0 amide bonds. The highest BCUT2D eigenvalue weighted by atomic mass is 16.3. The van der Waals surface area contributed by atoms with Crippen LogP contribution in [0.1, 0.15) is 232 Å². The second-order valence-electron chi connectivity index (χ2n) is 24.4. The molecule has 24 heteroatoms. The van der Waals surface area contributed by atoms with E-state index < -0.39 is 283 Å². The highest BCUT2D eigenvalue weighted by Crippen LogP contribution is 2.55. The quantitative estimate of drug-likeness (QED) is 0.0185. The van der Waals surface area contributed by atoms with Gasteiger partial charge in [0.1, 0.15) is 125 Å². The topological polar surface area (TPSA) is 460 Å². The Labute approximate surface area is 534 Å². The van der Waals surface area contributed by atoms with Crippen molar-refractivity contribution < 1.29 is 120 Å². The summed E-state index contributed by atoms with van der Waals surface area (Å²) in [5.41, 5.74) is -16.6. The van der Waals surface area contributed by atoms with Crippen molar-refractivity contribution in [2.75, 3.05) is 0 Å². The van der Waals surface area contributed by atoms with E-state index in [4.69, 9.17) is 0 Å². The number of carbonyl (C=O) groups is 8. The first-order chi connectivity index (χ1) is 43.5. The zero-order valence-corrected chi connectivity index (χ0v) is 53.4. The number of carbonyl (C=O) groups excluding carboxylic acids is 8. The minimum atomic E-state index is -1.90. The van der Waals surface area contributed by atoms with E-state index in [-0.39, 0.29) is 64.2 Å². The number of rotatable bonds is 28. The number of aromatic hydroxyl groups is 12. The van der Waals surface area contributed by atoms with Gasteiger partial charge >= 0.3 is 0 Å². The normalized spacial score (nSPS) is 14.8. The molecule has 6 rings (SSSR count). The molecule has 0 radical (unpaired) electrons. The first-order valence-corrected chi connectivity index (χ1v) is 30.6. The monoisotopic (exact) mass is 1290 g/mol. The Kier molecular flexibility index (Phi) is 21.6. The maximum Gasteiger partial charge on any atom is 0.183 e. The van der Waals surface area contributed by atoms with Gasteiger partial charge in [0.2, 0.25) is 0 Å². The smallest absolute Gasteiger partial charge is 0.183 e. The predicted octanol–water partition coefficient (Wildman–Crippen LogP) is 11.1. The lowest BCUT2D eigenvalue weighted by molar-refractivity contribution is -0.128. The fourth-order valence-corrected chi connectivity index (χ4v) is 11.9. The van der Waals surface area contributed by atoms with E-state index in [2.05, 4.69) is 0 Å². The van der Waals surface area contributed by atoms with E-state index in [9.17, 15) is 120 Å². The van der Waals surface area contributed by atoms with Gasteiger partial charge in [-0.05, 0) is 66.2 Å². The fraction of sp³-hybridized carbons (Fsp3) is 0.420. The minimum Gasteiger partial charge on any atom is -0.511 e. The Balaban J connectivity index is 1.67. The van der Waals surface area contributed by atoms with Crippen molar-refractivity contribution in [3.8, 4) is 69.0 Å². The average molecular weight is 1290 g/mol. The Hall–Kier alpha value is -10.0. The van der Waals surface area contributed by atoms with Crippen molar-refractivity contribution in [1.82, 2.24) is 0 Å². The third-order valence-electron chi connectivity index (χ3n) is 17.2. The number of aliphatic hydroxyl groups excluding tert-OH is 4. The van der Waals surface area contributed by atoms with Crippen molar-refractivity contribution in [2.24, 2.45) is 10.8 Å². The maximum absolute atomic E-state index is 14.1. The first-order valence-electron chi connectivity index (χ1n) is 30.6. The molecule has 24 nitrogen and oxygen atoms in total. The Morgan fingerprint density at radius 2 is 0.441 bits per heavy atom. The Bertz CT molecular complexity index is 3750. The van der Waals surface area contributed by atoms with E-state index in [0.29, 0.717) is 0 Å². The van der Waals surface area contributed by atoms with E-state index >= 15 is 0 Å². The molecule has 2 aliphatic rings. The number of phenols is 12. The van der Waals surface area contributed by atoms with Gasteiger partial charge in [-0.1, -0.05) is 41.5 Å². The first kappa shape index (κ1) is 72.1. The second-order valence-corrected chi connectivity index (χ2v) is 24.4. The van der Waals surface area contributed by atoms with E-state index in [0.717, 1.165) is 0 Å². The third-order valence-corrected chi connectivity index (χ3v) is 17.2. The predicted molar refractivity (Wildman–Crippen MR) is 335 cm³/mol. The van der Waals surface area contributed by atoms with Gasteiger partial charge in [-0.2, -0.15) is 0 Å². The summed E-state index contributed by atoms with van der Waals surface area (Å²) in [5.74, 6) is -25.5. The molecular weight excluding hydrogens is 1210 g/mol. The van der Waals surface area contributed by atoms with Crippen molar-refractivity contribution >= 4 is 46.3 Å². The number of hydrogen-bond acceptors (Lipinski definition) is 24. The largest absolute Gasteiger partial charge is 0.511 e. The minimum absolute atomic E-state index is 0.0530. The lowest BCUT2D eigenvalue weighted by Gasteiger charge is -2.31. The molecule has 4 aromatic rings. The van der Waals surface area contributed by atoms with Crippen LogP contribution in [-0.2, 0) is 51.3 Å². The van der Waals surface area contributed by atoms with Gasteiger partial charge in [0.15, 0.2) is 46.3 Å². The third kappa shape index (κ3) is 12.6. The fourth-order valence-electron chi connectivity index (χ4n) is 11.9. The zero-order valence-electron chi connectivity index (χ0n) is 53.4. The van der Waals surface area contributed by atoms with E-state index in [1.54, 1.807) is 27.7 Å². The number of Topliss-reactive ketones (excluding diaryl/α,β-unsaturated/α-hetero) is 8. The molecular formula is C69H80O24. The highest BCUT2D eigenvalue weighted by molar-refractivity contribution is 6.25. The summed E-state index contributed by atoms with van der Waals surface area (Å²) in [4.78, 5) is 110. The molecule has 0 saturated heterocycles. The summed E-state index contributed by atoms with van der Waals surface area (Å²) in [6.07, 6.45) is -6.81. The lowest BCUT2D eigenvalue weighted by atomic mass is 9.73. The second kappa shape index (κ2) is 27.8. The Morgan fingerprint density at radius 1 is 0.269 bits per heavy atom. The molecule has 2 aliphatic carbocycles.